The number of allylic oxidation sites excluding steroid dienone is 5. The van der Waals surface area contributed by atoms with E-state index in [0.29, 0.717) is 11.1 Å². The third-order valence-electron chi connectivity index (χ3n) is 10.5. The summed E-state index contributed by atoms with van der Waals surface area (Å²) < 4.78 is 6.81. The Labute approximate surface area is 308 Å². The average Bonchev–Trinajstić information content (AvgIpc) is 3.63. The Hall–Kier alpha value is -6.73. The van der Waals surface area contributed by atoms with Gasteiger partial charge < -0.3 is 9.73 Å². The largest absolute Gasteiger partial charge is 0.456 e. The van der Waals surface area contributed by atoms with E-state index in [-0.39, 0.29) is 24.2 Å². The zero-order valence-corrected chi connectivity index (χ0v) is 28.9. The molecule has 0 amide bonds. The van der Waals surface area contributed by atoms with Crippen molar-refractivity contribution in [1.29, 1.82) is 10.5 Å². The molecule has 1 aromatic heterocycles. The van der Waals surface area contributed by atoms with Gasteiger partial charge in [-0.05, 0) is 77.3 Å². The van der Waals surface area contributed by atoms with E-state index in [0.717, 1.165) is 79.9 Å². The number of benzene rings is 5. The number of nitrogens with zero attached hydrogens (tertiary/aromatic N) is 3. The average molecular weight is 686 g/mol. The van der Waals surface area contributed by atoms with Gasteiger partial charge in [-0.25, -0.2) is 4.99 Å². The summed E-state index contributed by atoms with van der Waals surface area (Å²) in [4.78, 5) is 5.24. The van der Waals surface area contributed by atoms with Crippen LogP contribution in [0.4, 0.5) is 0 Å². The van der Waals surface area contributed by atoms with Gasteiger partial charge in [0.2, 0.25) is 0 Å². The van der Waals surface area contributed by atoms with Crippen LogP contribution in [0.2, 0.25) is 0 Å². The molecule has 2 aliphatic carbocycles. The van der Waals surface area contributed by atoms with E-state index in [9.17, 15) is 10.5 Å². The number of fused-ring (bicyclic) bond motifs is 3. The number of hydrogen-bond acceptors (Lipinski definition) is 6. The standard InChI is InChI=1S/C47H35N5O/c48-28-30-11-7-17-34(23-30)38-26-40(36-19-8-12-31(24-36)29-49)44-41(27-38)43-39(21-10-22-42(43)53-44)47-51-45(33-15-5-2-6-16-33)50-46(52-47)37-20-9-18-35(25-37)32-13-3-1-4-14-32/h1-16,18-26,34,38,45,47,51H,17,27H2,(H,50,52)/t34?,38?,45?,47-/m0/s1. The highest BCUT2D eigenvalue weighted by Gasteiger charge is 2.34. The van der Waals surface area contributed by atoms with Gasteiger partial charge in [0.05, 0.1) is 17.7 Å². The molecule has 0 fully saturated rings. The van der Waals surface area contributed by atoms with Crippen LogP contribution in [0.25, 0.3) is 27.7 Å². The third-order valence-corrected chi connectivity index (χ3v) is 10.5. The van der Waals surface area contributed by atoms with E-state index in [1.54, 1.807) is 0 Å². The fourth-order valence-electron chi connectivity index (χ4n) is 7.96. The van der Waals surface area contributed by atoms with Gasteiger partial charge in [0.1, 0.15) is 29.5 Å². The smallest absolute Gasteiger partial charge is 0.138 e. The van der Waals surface area contributed by atoms with Crippen LogP contribution in [0, 0.1) is 34.5 Å². The second kappa shape index (κ2) is 13.8. The van der Waals surface area contributed by atoms with Crippen molar-refractivity contribution in [2.24, 2.45) is 16.8 Å². The first kappa shape index (κ1) is 32.2. The zero-order chi connectivity index (χ0) is 35.7. The van der Waals surface area contributed by atoms with E-state index in [4.69, 9.17) is 9.41 Å². The van der Waals surface area contributed by atoms with Crippen LogP contribution in [0.15, 0.2) is 167 Å². The lowest BCUT2D eigenvalue weighted by atomic mass is 9.75. The number of hydrogen-bond donors (Lipinski definition) is 2. The summed E-state index contributed by atoms with van der Waals surface area (Å²) in [5.41, 5.74) is 10.6. The molecule has 6 heteroatoms. The molecule has 254 valence electrons. The van der Waals surface area contributed by atoms with Gasteiger partial charge in [-0.3, -0.25) is 5.32 Å². The third kappa shape index (κ3) is 6.16. The number of nitrogens with one attached hydrogen (secondary N) is 2. The predicted molar refractivity (Wildman–Crippen MR) is 209 cm³/mol. The molecule has 0 spiro atoms. The molecule has 9 rings (SSSR count). The molecule has 1 aliphatic heterocycles. The Morgan fingerprint density at radius 1 is 0.698 bits per heavy atom. The Morgan fingerprint density at radius 2 is 1.45 bits per heavy atom. The molecule has 53 heavy (non-hydrogen) atoms. The summed E-state index contributed by atoms with van der Waals surface area (Å²) in [6, 6.07) is 48.0. The Balaban J connectivity index is 1.17. The van der Waals surface area contributed by atoms with Gasteiger partial charge in [-0.2, -0.15) is 10.5 Å². The lowest BCUT2D eigenvalue weighted by Crippen LogP contribution is -2.45. The fourth-order valence-corrected chi connectivity index (χ4v) is 7.96. The van der Waals surface area contributed by atoms with Crippen molar-refractivity contribution < 1.29 is 4.42 Å². The molecule has 6 nitrogen and oxygen atoms in total. The molecule has 6 aromatic rings. The van der Waals surface area contributed by atoms with Crippen LogP contribution in [0.5, 0.6) is 0 Å². The Bertz CT molecular complexity index is 2560. The molecular weight excluding hydrogens is 651 g/mol. The summed E-state index contributed by atoms with van der Waals surface area (Å²) in [5, 5.41) is 28.2. The van der Waals surface area contributed by atoms with Crippen molar-refractivity contribution in [2.45, 2.75) is 25.2 Å². The monoisotopic (exact) mass is 685 g/mol. The normalized spacial score (nSPS) is 20.6. The van der Waals surface area contributed by atoms with Crippen LogP contribution in [0.1, 0.15) is 57.9 Å². The molecule has 4 atom stereocenters. The molecule has 0 saturated heterocycles. The molecule has 3 unspecified atom stereocenters. The van der Waals surface area contributed by atoms with E-state index in [1.165, 1.54) is 0 Å². The molecule has 3 aliphatic rings. The first-order valence-corrected chi connectivity index (χ1v) is 18.0. The van der Waals surface area contributed by atoms with E-state index < -0.39 is 0 Å². The summed E-state index contributed by atoms with van der Waals surface area (Å²) in [6.45, 7) is 0. The van der Waals surface area contributed by atoms with Crippen LogP contribution < -0.4 is 10.6 Å². The Morgan fingerprint density at radius 3 is 2.28 bits per heavy atom. The first-order valence-electron chi connectivity index (χ1n) is 18.0. The van der Waals surface area contributed by atoms with Crippen molar-refractivity contribution in [3.63, 3.8) is 0 Å². The van der Waals surface area contributed by atoms with Crippen molar-refractivity contribution in [1.82, 2.24) is 10.6 Å². The molecule has 0 radical (unpaired) electrons. The molecule has 0 saturated carbocycles. The number of aliphatic imine (C=N–C) groups is 1. The summed E-state index contributed by atoms with van der Waals surface area (Å²) in [5.74, 6) is 1.91. The number of nitriles is 2. The highest BCUT2D eigenvalue weighted by molar-refractivity contribution is 6.01. The summed E-state index contributed by atoms with van der Waals surface area (Å²) in [7, 11) is 0. The van der Waals surface area contributed by atoms with Gasteiger partial charge in [0, 0.05) is 33.2 Å². The minimum atomic E-state index is -0.295. The SMILES string of the molecule is N#CC1=CC(C2C=C(c3cccc(C#N)c3)c3oc4cccc([C@@H]5NC(c6cccc(-c7ccccc7)c6)=NC(c6ccccc6)N5)c4c3C2)CC=C1. The van der Waals surface area contributed by atoms with Crippen molar-refractivity contribution in [3.05, 3.63) is 196 Å². The minimum absolute atomic E-state index is 0.118. The first-order chi connectivity index (χ1) is 26.1. The second-order valence-electron chi connectivity index (χ2n) is 13.8. The lowest BCUT2D eigenvalue weighted by molar-refractivity contribution is 0.410. The van der Waals surface area contributed by atoms with E-state index in [2.05, 4.69) is 114 Å². The predicted octanol–water partition coefficient (Wildman–Crippen LogP) is 9.94. The molecular formula is C47H35N5O. The van der Waals surface area contributed by atoms with Gasteiger partial charge in [-0.1, -0.05) is 121 Å². The fraction of sp³-hybridized carbons (Fsp3) is 0.128. The second-order valence-corrected chi connectivity index (χ2v) is 13.8. The lowest BCUT2D eigenvalue weighted by Gasteiger charge is -2.33. The van der Waals surface area contributed by atoms with Crippen LogP contribution in [0.3, 0.4) is 0 Å². The van der Waals surface area contributed by atoms with Gasteiger partial charge in [0.25, 0.3) is 0 Å². The Kier molecular flexibility index (Phi) is 8.36. The maximum atomic E-state index is 9.78. The van der Waals surface area contributed by atoms with Crippen molar-refractivity contribution in [3.8, 4) is 23.3 Å². The van der Waals surface area contributed by atoms with Gasteiger partial charge in [-0.15, -0.1) is 0 Å². The van der Waals surface area contributed by atoms with Crippen LogP contribution in [-0.4, -0.2) is 5.84 Å². The summed E-state index contributed by atoms with van der Waals surface area (Å²) in [6.07, 6.45) is 9.44. The number of rotatable bonds is 6. The van der Waals surface area contributed by atoms with Gasteiger partial charge in [0.15, 0.2) is 0 Å². The van der Waals surface area contributed by atoms with E-state index >= 15 is 0 Å². The van der Waals surface area contributed by atoms with Crippen molar-refractivity contribution in [2.75, 3.05) is 0 Å². The number of furan rings is 1. The maximum absolute atomic E-state index is 9.78. The van der Waals surface area contributed by atoms with Crippen molar-refractivity contribution >= 4 is 22.4 Å². The quantitative estimate of drug-likeness (QED) is 0.182. The van der Waals surface area contributed by atoms with Crippen LogP contribution >= 0.6 is 0 Å². The highest BCUT2D eigenvalue weighted by atomic mass is 16.3. The molecule has 2 N–H and O–H groups in total. The molecule has 2 heterocycles. The molecule has 0 bridgehead atoms. The topological polar surface area (TPSA) is 97.1 Å². The molecule has 5 aromatic carbocycles. The zero-order valence-electron chi connectivity index (χ0n) is 28.9. The minimum Gasteiger partial charge on any atom is -0.456 e. The van der Waals surface area contributed by atoms with E-state index in [1.807, 2.05) is 60.7 Å². The van der Waals surface area contributed by atoms with Gasteiger partial charge >= 0.3 is 0 Å². The maximum Gasteiger partial charge on any atom is 0.138 e. The highest BCUT2D eigenvalue weighted by Crippen LogP contribution is 2.45. The summed E-state index contributed by atoms with van der Waals surface area (Å²) >= 11 is 0. The van der Waals surface area contributed by atoms with Crippen LogP contribution in [-0.2, 0) is 6.42 Å². The number of amidine groups is 1.